The van der Waals surface area contributed by atoms with E-state index in [0.29, 0.717) is 6.61 Å². The van der Waals surface area contributed by atoms with Crippen molar-refractivity contribution >= 4 is 17.0 Å². The van der Waals surface area contributed by atoms with E-state index in [1.54, 1.807) is 6.20 Å². The summed E-state index contributed by atoms with van der Waals surface area (Å²) in [7, 11) is 0. The van der Waals surface area contributed by atoms with Crippen LogP contribution < -0.4 is 0 Å². The van der Waals surface area contributed by atoms with Crippen LogP contribution in [0.4, 0.5) is 0 Å². The third-order valence-corrected chi connectivity index (χ3v) is 3.24. The standard InChI is InChI=1S/C14H14N2O2.2C2H6/c1-2-18-14(17)10-8-9(10)11-5-6-12-13(16-11)4-3-7-15-12;2*1-2/h3-7,9-10H,2,8H2,1H3;2*1-2H3/t9-,10-;;/m0../s1. The molecule has 0 aromatic carbocycles. The number of hydrogen-bond acceptors (Lipinski definition) is 4. The van der Waals surface area contributed by atoms with E-state index in [4.69, 9.17) is 4.74 Å². The van der Waals surface area contributed by atoms with Gasteiger partial charge in [0.1, 0.15) is 0 Å². The molecule has 1 fully saturated rings. The highest BCUT2D eigenvalue weighted by Gasteiger charge is 2.46. The molecule has 0 bridgehead atoms. The Morgan fingerprint density at radius 3 is 2.59 bits per heavy atom. The lowest BCUT2D eigenvalue weighted by atomic mass is 10.2. The van der Waals surface area contributed by atoms with Gasteiger partial charge in [0.2, 0.25) is 0 Å². The second-order valence-corrected chi connectivity index (χ2v) is 4.48. The van der Waals surface area contributed by atoms with Gasteiger partial charge in [-0.15, -0.1) is 0 Å². The second-order valence-electron chi connectivity index (χ2n) is 4.48. The summed E-state index contributed by atoms with van der Waals surface area (Å²) in [4.78, 5) is 20.4. The SMILES string of the molecule is CC.CC.CCOC(=O)[C@H]1C[C@@H]1c1ccc2ncccc2n1. The zero-order chi connectivity index (χ0) is 16.5. The van der Waals surface area contributed by atoms with Crippen molar-refractivity contribution in [2.24, 2.45) is 5.92 Å². The average Bonchev–Trinajstić information content (AvgIpc) is 3.39. The molecule has 0 unspecified atom stereocenters. The molecule has 2 heterocycles. The van der Waals surface area contributed by atoms with Crippen LogP contribution in [0.15, 0.2) is 30.5 Å². The first kappa shape index (κ1) is 18.1. The maximum Gasteiger partial charge on any atom is 0.309 e. The Hall–Kier alpha value is -1.97. The van der Waals surface area contributed by atoms with Gasteiger partial charge in [0, 0.05) is 17.8 Å². The van der Waals surface area contributed by atoms with Gasteiger partial charge in [-0.1, -0.05) is 27.7 Å². The smallest absolute Gasteiger partial charge is 0.309 e. The Labute approximate surface area is 132 Å². The van der Waals surface area contributed by atoms with Crippen molar-refractivity contribution in [3.63, 3.8) is 0 Å². The van der Waals surface area contributed by atoms with E-state index in [1.165, 1.54) is 0 Å². The Balaban J connectivity index is 0.000000561. The van der Waals surface area contributed by atoms with E-state index in [1.807, 2.05) is 58.9 Å². The summed E-state index contributed by atoms with van der Waals surface area (Å²) in [5.41, 5.74) is 2.73. The summed E-state index contributed by atoms with van der Waals surface area (Å²) < 4.78 is 5.03. The monoisotopic (exact) mass is 302 g/mol. The molecule has 0 aliphatic heterocycles. The van der Waals surface area contributed by atoms with E-state index < -0.39 is 0 Å². The number of ether oxygens (including phenoxy) is 1. The zero-order valence-electron chi connectivity index (χ0n) is 14.2. The van der Waals surface area contributed by atoms with Gasteiger partial charge in [-0.2, -0.15) is 0 Å². The molecule has 4 nitrogen and oxygen atoms in total. The van der Waals surface area contributed by atoms with Crippen LogP contribution in [0.25, 0.3) is 11.0 Å². The Kier molecular flexibility index (Phi) is 7.50. The molecule has 2 aromatic rings. The van der Waals surface area contributed by atoms with Crippen LogP contribution in [0.3, 0.4) is 0 Å². The van der Waals surface area contributed by atoms with Crippen molar-refractivity contribution < 1.29 is 9.53 Å². The maximum absolute atomic E-state index is 11.6. The minimum absolute atomic E-state index is 0.00780. The van der Waals surface area contributed by atoms with Crippen LogP contribution in [-0.2, 0) is 9.53 Å². The molecule has 22 heavy (non-hydrogen) atoms. The summed E-state index contributed by atoms with van der Waals surface area (Å²) in [6, 6.07) is 7.72. The van der Waals surface area contributed by atoms with Crippen molar-refractivity contribution in [3.05, 3.63) is 36.2 Å². The van der Waals surface area contributed by atoms with E-state index in [9.17, 15) is 4.79 Å². The molecule has 0 radical (unpaired) electrons. The molecule has 3 rings (SSSR count). The third-order valence-electron chi connectivity index (χ3n) is 3.24. The summed E-state index contributed by atoms with van der Waals surface area (Å²) in [5, 5.41) is 0. The predicted molar refractivity (Wildman–Crippen MR) is 89.7 cm³/mol. The number of carbonyl (C=O) groups is 1. The molecule has 2 atom stereocenters. The Morgan fingerprint density at radius 1 is 1.18 bits per heavy atom. The van der Waals surface area contributed by atoms with Crippen LogP contribution in [-0.4, -0.2) is 22.5 Å². The highest BCUT2D eigenvalue weighted by molar-refractivity contribution is 5.78. The summed E-state index contributed by atoms with van der Waals surface area (Å²) in [6.07, 6.45) is 2.60. The number of fused-ring (bicyclic) bond motifs is 1. The summed E-state index contributed by atoms with van der Waals surface area (Å²) in [6.45, 7) is 10.3. The first-order chi connectivity index (χ1) is 10.8. The van der Waals surface area contributed by atoms with E-state index in [-0.39, 0.29) is 17.8 Å². The largest absolute Gasteiger partial charge is 0.466 e. The highest BCUT2D eigenvalue weighted by atomic mass is 16.5. The number of carbonyl (C=O) groups excluding carboxylic acids is 1. The van der Waals surface area contributed by atoms with Gasteiger partial charge in [-0.3, -0.25) is 14.8 Å². The Bertz CT molecular complexity index is 598. The molecule has 0 saturated heterocycles. The summed E-state index contributed by atoms with van der Waals surface area (Å²) >= 11 is 0. The fourth-order valence-corrected chi connectivity index (χ4v) is 2.21. The maximum atomic E-state index is 11.6. The fraction of sp³-hybridized carbons (Fsp3) is 0.500. The lowest BCUT2D eigenvalue weighted by Crippen LogP contribution is -2.07. The highest BCUT2D eigenvalue weighted by Crippen LogP contribution is 2.47. The molecule has 1 aliphatic rings. The van der Waals surface area contributed by atoms with E-state index in [0.717, 1.165) is 23.1 Å². The van der Waals surface area contributed by atoms with Crippen LogP contribution in [0.2, 0.25) is 0 Å². The molecular formula is C18H26N2O2. The number of rotatable bonds is 3. The van der Waals surface area contributed by atoms with Crippen LogP contribution in [0.5, 0.6) is 0 Å². The molecule has 4 heteroatoms. The van der Waals surface area contributed by atoms with Crippen LogP contribution >= 0.6 is 0 Å². The first-order valence-electron chi connectivity index (χ1n) is 8.18. The van der Waals surface area contributed by atoms with Gasteiger partial charge < -0.3 is 4.74 Å². The van der Waals surface area contributed by atoms with Gasteiger partial charge in [-0.25, -0.2) is 0 Å². The number of hydrogen-bond donors (Lipinski definition) is 0. The molecule has 0 N–H and O–H groups in total. The normalized spacial score (nSPS) is 18.4. The average molecular weight is 302 g/mol. The lowest BCUT2D eigenvalue weighted by molar-refractivity contribution is -0.144. The molecule has 120 valence electrons. The molecule has 0 amide bonds. The third kappa shape index (κ3) is 4.26. The van der Waals surface area contributed by atoms with Gasteiger partial charge in [0.25, 0.3) is 0 Å². The van der Waals surface area contributed by atoms with Gasteiger partial charge in [0.05, 0.1) is 23.6 Å². The number of aromatic nitrogens is 2. The van der Waals surface area contributed by atoms with Crippen molar-refractivity contribution in [1.29, 1.82) is 0 Å². The second kappa shape index (κ2) is 9.13. The van der Waals surface area contributed by atoms with Crippen molar-refractivity contribution in [1.82, 2.24) is 9.97 Å². The molecule has 2 aromatic heterocycles. The minimum atomic E-state index is -0.101. The first-order valence-corrected chi connectivity index (χ1v) is 8.18. The number of pyridine rings is 2. The van der Waals surface area contributed by atoms with Gasteiger partial charge in [-0.05, 0) is 37.6 Å². The zero-order valence-corrected chi connectivity index (χ0v) is 14.2. The van der Waals surface area contributed by atoms with Crippen LogP contribution in [0.1, 0.15) is 52.7 Å². The lowest BCUT2D eigenvalue weighted by Gasteiger charge is -2.02. The molecular weight excluding hydrogens is 276 g/mol. The molecule has 0 spiro atoms. The van der Waals surface area contributed by atoms with Crippen molar-refractivity contribution in [2.45, 2.75) is 47.0 Å². The summed E-state index contributed by atoms with van der Waals surface area (Å²) in [5.74, 6) is 0.107. The van der Waals surface area contributed by atoms with Crippen LogP contribution in [0, 0.1) is 5.92 Å². The Morgan fingerprint density at radius 2 is 1.91 bits per heavy atom. The minimum Gasteiger partial charge on any atom is -0.466 e. The molecule has 1 saturated carbocycles. The molecule has 1 aliphatic carbocycles. The fourth-order valence-electron chi connectivity index (χ4n) is 2.21. The predicted octanol–water partition coefficient (Wildman–Crippen LogP) is 4.35. The quantitative estimate of drug-likeness (QED) is 0.791. The number of esters is 1. The van der Waals surface area contributed by atoms with E-state index >= 15 is 0 Å². The van der Waals surface area contributed by atoms with E-state index in [2.05, 4.69) is 9.97 Å². The van der Waals surface area contributed by atoms with Crippen molar-refractivity contribution in [3.8, 4) is 0 Å². The topological polar surface area (TPSA) is 52.1 Å². The van der Waals surface area contributed by atoms with Gasteiger partial charge in [0.15, 0.2) is 0 Å². The van der Waals surface area contributed by atoms with Gasteiger partial charge >= 0.3 is 5.97 Å². The number of nitrogens with zero attached hydrogens (tertiary/aromatic N) is 2. The van der Waals surface area contributed by atoms with Crippen molar-refractivity contribution in [2.75, 3.05) is 6.61 Å².